The van der Waals surface area contributed by atoms with E-state index < -0.39 is 0 Å². The summed E-state index contributed by atoms with van der Waals surface area (Å²) < 4.78 is 0. The van der Waals surface area contributed by atoms with Crippen molar-refractivity contribution in [2.24, 2.45) is 5.10 Å². The van der Waals surface area contributed by atoms with E-state index in [1.165, 1.54) is 16.0 Å². The summed E-state index contributed by atoms with van der Waals surface area (Å²) in [7, 11) is 0. The van der Waals surface area contributed by atoms with Gasteiger partial charge in [-0.15, -0.1) is 11.3 Å². The van der Waals surface area contributed by atoms with E-state index in [9.17, 15) is 0 Å². The zero-order chi connectivity index (χ0) is 15.2. The van der Waals surface area contributed by atoms with Crippen LogP contribution in [0.4, 0.5) is 5.69 Å². The number of para-hydroxylation sites is 1. The Morgan fingerprint density at radius 3 is 2.27 bits per heavy atom. The summed E-state index contributed by atoms with van der Waals surface area (Å²) >= 11 is 1.72. The molecule has 0 aliphatic carbocycles. The average Bonchev–Trinajstić information content (AvgIpc) is 2.98. The summed E-state index contributed by atoms with van der Waals surface area (Å²) in [4.78, 5) is 1.20. The normalized spacial score (nSPS) is 11.0. The van der Waals surface area contributed by atoms with Crippen molar-refractivity contribution >= 4 is 23.2 Å². The molecule has 2 nitrogen and oxygen atoms in total. The van der Waals surface area contributed by atoms with Gasteiger partial charge in [0.25, 0.3) is 0 Å². The maximum atomic E-state index is 4.71. The van der Waals surface area contributed by atoms with Gasteiger partial charge in [-0.25, -0.2) is 0 Å². The first-order valence-corrected chi connectivity index (χ1v) is 8.15. The van der Waals surface area contributed by atoms with Gasteiger partial charge in [-0.2, -0.15) is 5.10 Å². The zero-order valence-corrected chi connectivity index (χ0v) is 13.3. The van der Waals surface area contributed by atoms with Crippen LogP contribution in [0.3, 0.4) is 0 Å². The van der Waals surface area contributed by atoms with E-state index in [-0.39, 0.29) is 0 Å². The van der Waals surface area contributed by atoms with Gasteiger partial charge in [0.2, 0.25) is 0 Å². The van der Waals surface area contributed by atoms with E-state index in [1.807, 2.05) is 35.5 Å². The largest absolute Gasteiger partial charge is 0.261 e. The highest BCUT2D eigenvalue weighted by atomic mass is 32.1. The van der Waals surface area contributed by atoms with Crippen LogP contribution in [0.5, 0.6) is 0 Å². The Labute approximate surface area is 135 Å². The minimum Gasteiger partial charge on any atom is -0.261 e. The van der Waals surface area contributed by atoms with Crippen molar-refractivity contribution in [3.8, 4) is 0 Å². The zero-order valence-electron chi connectivity index (χ0n) is 12.5. The van der Waals surface area contributed by atoms with Gasteiger partial charge in [-0.05, 0) is 41.6 Å². The minimum atomic E-state index is 0.756. The monoisotopic (exact) mass is 306 g/mol. The summed E-state index contributed by atoms with van der Waals surface area (Å²) in [6.07, 6.45) is 1.95. The Morgan fingerprint density at radius 1 is 0.955 bits per heavy atom. The van der Waals surface area contributed by atoms with Crippen LogP contribution < -0.4 is 5.01 Å². The highest BCUT2D eigenvalue weighted by Crippen LogP contribution is 2.18. The molecule has 22 heavy (non-hydrogen) atoms. The van der Waals surface area contributed by atoms with Crippen LogP contribution in [0.2, 0.25) is 0 Å². The first-order chi connectivity index (χ1) is 10.8. The van der Waals surface area contributed by atoms with Crippen molar-refractivity contribution in [3.63, 3.8) is 0 Å². The molecule has 0 saturated heterocycles. The number of anilines is 1. The molecule has 0 unspecified atom stereocenters. The number of nitrogens with zero attached hydrogens (tertiary/aromatic N) is 2. The van der Waals surface area contributed by atoms with E-state index in [4.69, 9.17) is 5.10 Å². The van der Waals surface area contributed by atoms with Gasteiger partial charge in [-0.3, -0.25) is 5.01 Å². The topological polar surface area (TPSA) is 15.6 Å². The average molecular weight is 306 g/mol. The number of hydrogen-bond acceptors (Lipinski definition) is 3. The van der Waals surface area contributed by atoms with Crippen molar-refractivity contribution in [2.45, 2.75) is 13.5 Å². The summed E-state index contributed by atoms with van der Waals surface area (Å²) in [6.45, 7) is 2.87. The molecule has 2 aromatic carbocycles. The number of aryl methyl sites for hydroxylation is 1. The second-order valence-corrected chi connectivity index (χ2v) is 6.04. The molecule has 0 aliphatic rings. The Kier molecular flexibility index (Phi) is 4.66. The lowest BCUT2D eigenvalue weighted by Gasteiger charge is -2.19. The summed E-state index contributed by atoms with van der Waals surface area (Å²) in [5.41, 5.74) is 3.60. The third-order valence-electron chi connectivity index (χ3n) is 3.45. The maximum absolute atomic E-state index is 4.71. The van der Waals surface area contributed by atoms with Crippen LogP contribution in [0.25, 0.3) is 0 Å². The van der Waals surface area contributed by atoms with Crippen LogP contribution in [0, 0.1) is 6.92 Å². The number of hydrogen-bond donors (Lipinski definition) is 0. The third-order valence-corrected chi connectivity index (χ3v) is 4.40. The first-order valence-electron chi connectivity index (χ1n) is 7.27. The van der Waals surface area contributed by atoms with Crippen LogP contribution >= 0.6 is 11.3 Å². The fourth-order valence-electron chi connectivity index (χ4n) is 2.19. The van der Waals surface area contributed by atoms with Crippen molar-refractivity contribution in [1.29, 1.82) is 0 Å². The Balaban J connectivity index is 1.86. The summed E-state index contributed by atoms with van der Waals surface area (Å²) in [5.74, 6) is 0. The molecule has 0 bridgehead atoms. The Bertz CT molecular complexity index is 732. The number of benzene rings is 2. The second-order valence-electron chi connectivity index (χ2n) is 5.09. The lowest BCUT2D eigenvalue weighted by Crippen LogP contribution is -2.15. The minimum absolute atomic E-state index is 0.756. The predicted molar refractivity (Wildman–Crippen MR) is 95.7 cm³/mol. The Morgan fingerprint density at radius 2 is 1.64 bits per heavy atom. The van der Waals surface area contributed by atoms with E-state index in [2.05, 4.69) is 54.8 Å². The number of rotatable bonds is 5. The molecule has 0 atom stereocenters. The molecule has 3 heteroatoms. The predicted octanol–water partition coefficient (Wildman–Crippen LogP) is 5.10. The van der Waals surface area contributed by atoms with Gasteiger partial charge >= 0.3 is 0 Å². The van der Waals surface area contributed by atoms with Gasteiger partial charge in [0.15, 0.2) is 0 Å². The molecular formula is C19H18N2S. The molecule has 0 N–H and O–H groups in total. The van der Waals surface area contributed by atoms with Gasteiger partial charge in [0, 0.05) is 4.88 Å². The van der Waals surface area contributed by atoms with E-state index in [1.54, 1.807) is 11.3 Å². The van der Waals surface area contributed by atoms with Crippen molar-refractivity contribution in [1.82, 2.24) is 0 Å². The standard InChI is InChI=1S/C19H18N2S/c1-16-12-13-22-19(16)14-20-21(18-10-6-3-7-11-18)15-17-8-4-2-5-9-17/h2-14H,15H2,1H3/b20-14+. The molecule has 0 radical (unpaired) electrons. The second kappa shape index (κ2) is 7.05. The summed E-state index contributed by atoms with van der Waals surface area (Å²) in [6, 6.07) is 22.8. The smallest absolute Gasteiger partial charge is 0.0666 e. The van der Waals surface area contributed by atoms with E-state index >= 15 is 0 Å². The van der Waals surface area contributed by atoms with Crippen molar-refractivity contribution in [2.75, 3.05) is 5.01 Å². The molecular weight excluding hydrogens is 288 g/mol. The van der Waals surface area contributed by atoms with Gasteiger partial charge in [0.1, 0.15) is 0 Å². The quantitative estimate of drug-likeness (QED) is 0.473. The fourth-order valence-corrected chi connectivity index (χ4v) is 2.97. The number of thiophene rings is 1. The lowest BCUT2D eigenvalue weighted by molar-refractivity contribution is 0.859. The van der Waals surface area contributed by atoms with E-state index in [0.29, 0.717) is 0 Å². The van der Waals surface area contributed by atoms with E-state index in [0.717, 1.165) is 12.2 Å². The highest BCUT2D eigenvalue weighted by molar-refractivity contribution is 7.11. The van der Waals surface area contributed by atoms with Crippen LogP contribution in [-0.2, 0) is 6.54 Å². The van der Waals surface area contributed by atoms with Crippen LogP contribution in [-0.4, -0.2) is 6.21 Å². The maximum Gasteiger partial charge on any atom is 0.0666 e. The lowest BCUT2D eigenvalue weighted by atomic mass is 10.2. The molecule has 0 fully saturated rings. The summed E-state index contributed by atoms with van der Waals surface area (Å²) in [5, 5.41) is 8.85. The molecule has 1 aromatic heterocycles. The molecule has 0 aliphatic heterocycles. The SMILES string of the molecule is Cc1ccsc1/C=N/N(Cc1ccccc1)c1ccccc1. The molecule has 3 rings (SSSR count). The van der Waals surface area contributed by atoms with Crippen LogP contribution in [0.15, 0.2) is 77.2 Å². The number of hydrazone groups is 1. The van der Waals surface area contributed by atoms with Gasteiger partial charge < -0.3 is 0 Å². The van der Waals surface area contributed by atoms with Crippen molar-refractivity contribution in [3.05, 3.63) is 88.1 Å². The van der Waals surface area contributed by atoms with Crippen LogP contribution in [0.1, 0.15) is 16.0 Å². The van der Waals surface area contributed by atoms with Gasteiger partial charge in [0.05, 0.1) is 18.4 Å². The van der Waals surface area contributed by atoms with Crippen molar-refractivity contribution < 1.29 is 0 Å². The molecule has 0 amide bonds. The highest BCUT2D eigenvalue weighted by Gasteiger charge is 2.05. The third kappa shape index (κ3) is 3.62. The van der Waals surface area contributed by atoms with Gasteiger partial charge in [-0.1, -0.05) is 48.5 Å². The molecule has 3 aromatic rings. The molecule has 0 spiro atoms. The Hall–Kier alpha value is -2.39. The molecule has 0 saturated carbocycles. The molecule has 1 heterocycles. The first kappa shape index (κ1) is 14.5. The molecule has 110 valence electrons. The fraction of sp³-hybridized carbons (Fsp3) is 0.105.